The molecule has 3 aromatic rings. The fraction of sp³-hybridized carbons (Fsp3) is 0.118. The summed E-state index contributed by atoms with van der Waals surface area (Å²) in [6, 6.07) is 13.5. The smallest absolute Gasteiger partial charge is 0.269 e. The molecular formula is C17H16N4O3. The van der Waals surface area contributed by atoms with Crippen molar-refractivity contribution in [2.24, 2.45) is 12.8 Å². The number of anilines is 1. The van der Waals surface area contributed by atoms with Crippen LogP contribution in [0.15, 0.2) is 48.7 Å². The Morgan fingerprint density at radius 2 is 1.96 bits per heavy atom. The maximum atomic E-state index is 12.0. The van der Waals surface area contributed by atoms with Crippen molar-refractivity contribution in [2.45, 2.75) is 0 Å². The molecule has 1 aromatic heterocycles. The van der Waals surface area contributed by atoms with Gasteiger partial charge in [-0.15, -0.1) is 0 Å². The van der Waals surface area contributed by atoms with Crippen molar-refractivity contribution in [2.75, 3.05) is 11.9 Å². The predicted molar refractivity (Wildman–Crippen MR) is 89.8 cm³/mol. The number of ether oxygens (including phenoxy) is 1. The molecule has 0 aliphatic rings. The molecule has 0 unspecified atom stereocenters. The summed E-state index contributed by atoms with van der Waals surface area (Å²) < 4.78 is 6.81. The van der Waals surface area contributed by atoms with Crippen molar-refractivity contribution in [1.29, 1.82) is 0 Å². The quantitative estimate of drug-likeness (QED) is 0.746. The minimum atomic E-state index is -0.666. The monoisotopic (exact) mass is 324 g/mol. The van der Waals surface area contributed by atoms with Gasteiger partial charge in [0.25, 0.3) is 11.8 Å². The molecular weight excluding hydrogens is 308 g/mol. The zero-order chi connectivity index (χ0) is 17.1. The zero-order valence-corrected chi connectivity index (χ0v) is 13.0. The van der Waals surface area contributed by atoms with Gasteiger partial charge in [0.1, 0.15) is 11.4 Å². The number of aromatic nitrogens is 2. The van der Waals surface area contributed by atoms with Crippen molar-refractivity contribution in [1.82, 2.24) is 9.78 Å². The maximum absolute atomic E-state index is 12.0. The molecule has 7 nitrogen and oxygen atoms in total. The normalized spacial score (nSPS) is 10.5. The first-order valence-electron chi connectivity index (χ1n) is 7.28. The van der Waals surface area contributed by atoms with Crippen molar-refractivity contribution in [3.63, 3.8) is 0 Å². The molecule has 0 fully saturated rings. The molecule has 7 heteroatoms. The minimum absolute atomic E-state index is 0.133. The van der Waals surface area contributed by atoms with Crippen LogP contribution in [0.3, 0.4) is 0 Å². The van der Waals surface area contributed by atoms with E-state index in [9.17, 15) is 9.59 Å². The Balaban J connectivity index is 1.66. The predicted octanol–water partition coefficient (Wildman–Crippen LogP) is 1.69. The van der Waals surface area contributed by atoms with Crippen LogP contribution in [0.25, 0.3) is 10.8 Å². The molecule has 3 N–H and O–H groups in total. The number of fused-ring (bicyclic) bond motifs is 1. The van der Waals surface area contributed by atoms with E-state index in [1.54, 1.807) is 13.1 Å². The third-order valence-corrected chi connectivity index (χ3v) is 3.54. The standard InChI is InChI=1S/C17H16N4O3/c1-21-16(17(18)23)14(9-19-21)20-15(22)10-24-13-7-6-11-4-2-3-5-12(11)8-13/h2-9H,10H2,1H3,(H2,18,23)(H,20,22). The van der Waals surface area contributed by atoms with E-state index in [0.717, 1.165) is 10.8 Å². The Labute approximate surface area is 138 Å². The van der Waals surface area contributed by atoms with Crippen molar-refractivity contribution >= 4 is 28.3 Å². The fourth-order valence-corrected chi connectivity index (χ4v) is 2.41. The third-order valence-electron chi connectivity index (χ3n) is 3.54. The first-order valence-corrected chi connectivity index (χ1v) is 7.28. The molecule has 0 bridgehead atoms. The van der Waals surface area contributed by atoms with Crippen LogP contribution >= 0.6 is 0 Å². The minimum Gasteiger partial charge on any atom is -0.484 e. The van der Waals surface area contributed by atoms with E-state index in [4.69, 9.17) is 10.5 Å². The van der Waals surface area contributed by atoms with E-state index >= 15 is 0 Å². The number of carbonyl (C=O) groups is 2. The van der Waals surface area contributed by atoms with E-state index in [1.165, 1.54) is 10.9 Å². The maximum Gasteiger partial charge on any atom is 0.269 e. The number of amides is 2. The SMILES string of the molecule is Cn1ncc(NC(=O)COc2ccc3ccccc3c2)c1C(N)=O. The Morgan fingerprint density at radius 1 is 1.21 bits per heavy atom. The number of carbonyl (C=O) groups excluding carboxylic acids is 2. The van der Waals surface area contributed by atoms with Gasteiger partial charge in [-0.2, -0.15) is 5.10 Å². The van der Waals surface area contributed by atoms with Gasteiger partial charge in [0, 0.05) is 7.05 Å². The first-order chi connectivity index (χ1) is 11.5. The first kappa shape index (κ1) is 15.5. The lowest BCUT2D eigenvalue weighted by atomic mass is 10.1. The van der Waals surface area contributed by atoms with Gasteiger partial charge in [0.05, 0.1) is 11.9 Å². The summed E-state index contributed by atoms with van der Waals surface area (Å²) in [6.07, 6.45) is 1.37. The van der Waals surface area contributed by atoms with E-state index in [0.29, 0.717) is 5.75 Å². The highest BCUT2D eigenvalue weighted by Gasteiger charge is 2.16. The van der Waals surface area contributed by atoms with Crippen molar-refractivity contribution < 1.29 is 14.3 Å². The summed E-state index contributed by atoms with van der Waals surface area (Å²) in [7, 11) is 1.57. The molecule has 24 heavy (non-hydrogen) atoms. The van der Waals surface area contributed by atoms with E-state index in [-0.39, 0.29) is 18.0 Å². The highest BCUT2D eigenvalue weighted by Crippen LogP contribution is 2.20. The third kappa shape index (κ3) is 3.19. The number of aryl methyl sites for hydroxylation is 1. The second-order valence-electron chi connectivity index (χ2n) is 5.24. The van der Waals surface area contributed by atoms with Gasteiger partial charge in [-0.25, -0.2) is 0 Å². The molecule has 0 radical (unpaired) electrons. The number of nitrogens with zero attached hydrogens (tertiary/aromatic N) is 2. The van der Waals surface area contributed by atoms with Crippen molar-refractivity contribution in [3.05, 3.63) is 54.4 Å². The Hall–Kier alpha value is -3.35. The van der Waals surface area contributed by atoms with Crippen molar-refractivity contribution in [3.8, 4) is 5.75 Å². The van der Waals surface area contributed by atoms with Gasteiger partial charge in [0.15, 0.2) is 6.61 Å². The highest BCUT2D eigenvalue weighted by atomic mass is 16.5. The summed E-state index contributed by atoms with van der Waals surface area (Å²) in [5.74, 6) is -0.482. The lowest BCUT2D eigenvalue weighted by molar-refractivity contribution is -0.118. The number of benzene rings is 2. The van der Waals surface area contributed by atoms with Crippen LogP contribution < -0.4 is 15.8 Å². The van der Waals surface area contributed by atoms with Crippen LogP contribution in [0.4, 0.5) is 5.69 Å². The summed E-state index contributed by atoms with van der Waals surface area (Å²) >= 11 is 0. The molecule has 0 atom stereocenters. The Bertz CT molecular complexity index is 917. The molecule has 3 rings (SSSR count). The molecule has 122 valence electrons. The van der Waals surface area contributed by atoms with E-state index < -0.39 is 11.8 Å². The zero-order valence-electron chi connectivity index (χ0n) is 13.0. The summed E-state index contributed by atoms with van der Waals surface area (Å²) in [4.78, 5) is 23.4. The summed E-state index contributed by atoms with van der Waals surface area (Å²) in [5, 5.41) is 8.60. The lowest BCUT2D eigenvalue weighted by Crippen LogP contribution is -2.23. The van der Waals surface area contributed by atoms with Crippen LogP contribution in [-0.2, 0) is 11.8 Å². The van der Waals surface area contributed by atoms with Gasteiger partial charge in [-0.1, -0.05) is 30.3 Å². The van der Waals surface area contributed by atoms with Gasteiger partial charge in [0.2, 0.25) is 0 Å². The number of hydrogen-bond donors (Lipinski definition) is 2. The topological polar surface area (TPSA) is 99.2 Å². The number of hydrogen-bond acceptors (Lipinski definition) is 4. The molecule has 0 saturated carbocycles. The van der Waals surface area contributed by atoms with Crippen LogP contribution in [0.1, 0.15) is 10.5 Å². The van der Waals surface area contributed by atoms with Crippen LogP contribution in [0.5, 0.6) is 5.75 Å². The number of nitrogens with two attached hydrogens (primary N) is 1. The molecule has 1 heterocycles. The van der Waals surface area contributed by atoms with Crippen LogP contribution in [0, 0.1) is 0 Å². The Kier molecular flexibility index (Phi) is 4.15. The van der Waals surface area contributed by atoms with E-state index in [1.807, 2.05) is 36.4 Å². The molecule has 0 saturated heterocycles. The number of rotatable bonds is 5. The summed E-state index contributed by atoms with van der Waals surface area (Å²) in [5.41, 5.74) is 5.67. The fourth-order valence-electron chi connectivity index (χ4n) is 2.41. The molecule has 0 aliphatic carbocycles. The van der Waals surface area contributed by atoms with Gasteiger partial charge in [-0.3, -0.25) is 14.3 Å². The highest BCUT2D eigenvalue weighted by molar-refractivity contribution is 6.02. The average molecular weight is 324 g/mol. The average Bonchev–Trinajstić information content (AvgIpc) is 2.93. The number of nitrogens with one attached hydrogen (secondary N) is 1. The largest absolute Gasteiger partial charge is 0.484 e. The summed E-state index contributed by atoms with van der Waals surface area (Å²) in [6.45, 7) is -0.189. The lowest BCUT2D eigenvalue weighted by Gasteiger charge is -2.08. The van der Waals surface area contributed by atoms with Crippen LogP contribution in [-0.4, -0.2) is 28.2 Å². The van der Waals surface area contributed by atoms with E-state index in [2.05, 4.69) is 10.4 Å². The van der Waals surface area contributed by atoms with Crippen LogP contribution in [0.2, 0.25) is 0 Å². The van der Waals surface area contributed by atoms with Gasteiger partial charge < -0.3 is 15.8 Å². The second-order valence-corrected chi connectivity index (χ2v) is 5.24. The second kappa shape index (κ2) is 6.41. The molecule has 0 aliphatic heterocycles. The molecule has 2 amide bonds. The van der Waals surface area contributed by atoms with Gasteiger partial charge in [-0.05, 0) is 22.9 Å². The number of primary amides is 1. The Morgan fingerprint density at radius 3 is 2.71 bits per heavy atom. The molecule has 2 aromatic carbocycles. The molecule has 0 spiro atoms. The van der Waals surface area contributed by atoms with Gasteiger partial charge >= 0.3 is 0 Å².